The van der Waals surface area contributed by atoms with Crippen LogP contribution in [-0.4, -0.2) is 60.4 Å². The molecule has 2 heterocycles. The first-order valence-corrected chi connectivity index (χ1v) is 6.90. The molecule has 0 aliphatic carbocycles. The van der Waals surface area contributed by atoms with Crippen molar-refractivity contribution in [2.75, 3.05) is 44.7 Å². The Kier molecular flexibility index (Phi) is 4.03. The average molecular weight is 291 g/mol. The molecular formula is C14H17N3O4. The van der Waals surface area contributed by atoms with Crippen molar-refractivity contribution in [3.8, 4) is 0 Å². The standard InChI is InChI=1S/C14H17N3O4/c18-13(19)10-1-2-11-12(9-10)21-14(16-11)15-3-4-17-5-7-20-8-6-17/h1-2,9H,3-8H2,(H,15,16)(H,18,19). The summed E-state index contributed by atoms with van der Waals surface area (Å²) in [6, 6.07) is 5.07. The molecule has 0 saturated carbocycles. The summed E-state index contributed by atoms with van der Waals surface area (Å²) in [7, 11) is 0. The molecule has 0 bridgehead atoms. The summed E-state index contributed by atoms with van der Waals surface area (Å²) < 4.78 is 10.8. The second-order valence-corrected chi connectivity index (χ2v) is 4.89. The van der Waals surface area contributed by atoms with E-state index in [1.54, 1.807) is 6.07 Å². The Balaban J connectivity index is 1.60. The zero-order chi connectivity index (χ0) is 14.7. The molecule has 112 valence electrons. The Morgan fingerprint density at radius 1 is 1.38 bits per heavy atom. The van der Waals surface area contributed by atoms with E-state index < -0.39 is 5.97 Å². The third-order valence-corrected chi connectivity index (χ3v) is 3.44. The third-order valence-electron chi connectivity index (χ3n) is 3.44. The number of rotatable bonds is 5. The van der Waals surface area contributed by atoms with E-state index in [2.05, 4.69) is 15.2 Å². The Morgan fingerprint density at radius 3 is 2.95 bits per heavy atom. The number of nitrogens with zero attached hydrogens (tertiary/aromatic N) is 2. The molecule has 1 aliphatic heterocycles. The number of nitrogens with one attached hydrogen (secondary N) is 1. The van der Waals surface area contributed by atoms with Gasteiger partial charge in [-0.15, -0.1) is 0 Å². The number of carbonyl (C=O) groups is 1. The van der Waals surface area contributed by atoms with Gasteiger partial charge < -0.3 is 19.6 Å². The minimum Gasteiger partial charge on any atom is -0.478 e. The van der Waals surface area contributed by atoms with Gasteiger partial charge in [0.25, 0.3) is 6.01 Å². The fourth-order valence-corrected chi connectivity index (χ4v) is 2.28. The van der Waals surface area contributed by atoms with Gasteiger partial charge in [-0.1, -0.05) is 0 Å². The van der Waals surface area contributed by atoms with Gasteiger partial charge in [-0.25, -0.2) is 4.79 Å². The molecule has 1 aromatic carbocycles. The Morgan fingerprint density at radius 2 is 2.19 bits per heavy atom. The quantitative estimate of drug-likeness (QED) is 0.857. The molecule has 0 radical (unpaired) electrons. The maximum atomic E-state index is 10.9. The molecule has 1 aromatic heterocycles. The van der Waals surface area contributed by atoms with Crippen LogP contribution in [0.1, 0.15) is 10.4 Å². The third kappa shape index (κ3) is 3.32. The molecule has 3 rings (SSSR count). The first-order chi connectivity index (χ1) is 10.2. The van der Waals surface area contributed by atoms with Crippen molar-refractivity contribution in [1.82, 2.24) is 9.88 Å². The molecule has 0 atom stereocenters. The molecule has 2 N–H and O–H groups in total. The lowest BCUT2D eigenvalue weighted by atomic mass is 10.2. The van der Waals surface area contributed by atoms with Crippen molar-refractivity contribution >= 4 is 23.1 Å². The van der Waals surface area contributed by atoms with Gasteiger partial charge in [0.05, 0.1) is 18.8 Å². The zero-order valence-corrected chi connectivity index (χ0v) is 11.5. The van der Waals surface area contributed by atoms with Crippen LogP contribution in [0.5, 0.6) is 0 Å². The Bertz CT molecular complexity index is 634. The average Bonchev–Trinajstić information content (AvgIpc) is 2.90. The highest BCUT2D eigenvalue weighted by atomic mass is 16.5. The van der Waals surface area contributed by atoms with Gasteiger partial charge in [0.1, 0.15) is 5.52 Å². The molecule has 0 amide bonds. The van der Waals surface area contributed by atoms with E-state index in [0.717, 1.165) is 39.4 Å². The summed E-state index contributed by atoms with van der Waals surface area (Å²) in [6.45, 7) is 5.05. The number of morpholine rings is 1. The highest BCUT2D eigenvalue weighted by Crippen LogP contribution is 2.20. The monoisotopic (exact) mass is 291 g/mol. The second kappa shape index (κ2) is 6.11. The van der Waals surface area contributed by atoms with Crippen LogP contribution in [0, 0.1) is 0 Å². The van der Waals surface area contributed by atoms with Crippen LogP contribution in [0.15, 0.2) is 22.6 Å². The van der Waals surface area contributed by atoms with Gasteiger partial charge in [-0.2, -0.15) is 4.98 Å². The van der Waals surface area contributed by atoms with Crippen molar-refractivity contribution in [2.24, 2.45) is 0 Å². The number of aromatic nitrogens is 1. The maximum Gasteiger partial charge on any atom is 0.335 e. The first-order valence-electron chi connectivity index (χ1n) is 6.90. The smallest absolute Gasteiger partial charge is 0.335 e. The summed E-state index contributed by atoms with van der Waals surface area (Å²) in [4.78, 5) is 17.5. The molecule has 21 heavy (non-hydrogen) atoms. The lowest BCUT2D eigenvalue weighted by molar-refractivity contribution is 0.0398. The van der Waals surface area contributed by atoms with E-state index in [-0.39, 0.29) is 5.56 Å². The van der Waals surface area contributed by atoms with E-state index in [4.69, 9.17) is 14.3 Å². The molecule has 1 aliphatic rings. The highest BCUT2D eigenvalue weighted by molar-refractivity contribution is 5.92. The van der Waals surface area contributed by atoms with Crippen LogP contribution in [0.2, 0.25) is 0 Å². The van der Waals surface area contributed by atoms with E-state index in [9.17, 15) is 4.79 Å². The van der Waals surface area contributed by atoms with Crippen molar-refractivity contribution < 1.29 is 19.1 Å². The van der Waals surface area contributed by atoms with Gasteiger partial charge in [0, 0.05) is 26.2 Å². The van der Waals surface area contributed by atoms with Crippen molar-refractivity contribution in [2.45, 2.75) is 0 Å². The molecule has 7 heteroatoms. The highest BCUT2D eigenvalue weighted by Gasteiger charge is 2.11. The van der Waals surface area contributed by atoms with Crippen LogP contribution in [0.3, 0.4) is 0 Å². The van der Waals surface area contributed by atoms with Gasteiger partial charge >= 0.3 is 5.97 Å². The summed E-state index contributed by atoms with van der Waals surface area (Å²) in [5.41, 5.74) is 1.32. The molecule has 1 fully saturated rings. The van der Waals surface area contributed by atoms with Gasteiger partial charge in [0.2, 0.25) is 0 Å². The Hall–Kier alpha value is -2.12. The summed E-state index contributed by atoms with van der Waals surface area (Å²) in [5.74, 6) is -0.977. The molecule has 0 unspecified atom stereocenters. The molecule has 7 nitrogen and oxygen atoms in total. The van der Waals surface area contributed by atoms with E-state index in [1.165, 1.54) is 12.1 Å². The number of fused-ring (bicyclic) bond motifs is 1. The van der Waals surface area contributed by atoms with Crippen LogP contribution in [0.25, 0.3) is 11.1 Å². The topological polar surface area (TPSA) is 87.8 Å². The normalized spacial score (nSPS) is 16.2. The summed E-state index contributed by atoms with van der Waals surface area (Å²) >= 11 is 0. The molecule has 2 aromatic rings. The minimum absolute atomic E-state index is 0.193. The number of anilines is 1. The predicted molar refractivity (Wildman–Crippen MR) is 76.7 cm³/mol. The number of carboxylic acid groups (broad SMARTS) is 1. The van der Waals surface area contributed by atoms with E-state index >= 15 is 0 Å². The van der Waals surface area contributed by atoms with Gasteiger partial charge in [-0.05, 0) is 18.2 Å². The number of aromatic carboxylic acids is 1. The van der Waals surface area contributed by atoms with Gasteiger partial charge in [-0.3, -0.25) is 4.90 Å². The molecule has 0 spiro atoms. The molecule has 1 saturated heterocycles. The van der Waals surface area contributed by atoms with Gasteiger partial charge in [0.15, 0.2) is 5.58 Å². The number of hydrogen-bond acceptors (Lipinski definition) is 6. The Labute approximate surface area is 121 Å². The summed E-state index contributed by atoms with van der Waals surface area (Å²) in [5, 5.41) is 12.1. The minimum atomic E-state index is -0.977. The number of oxazole rings is 1. The second-order valence-electron chi connectivity index (χ2n) is 4.89. The zero-order valence-electron chi connectivity index (χ0n) is 11.5. The lowest BCUT2D eigenvalue weighted by Crippen LogP contribution is -2.39. The number of benzene rings is 1. The predicted octanol–water partition coefficient (Wildman–Crippen LogP) is 1.27. The fraction of sp³-hybridized carbons (Fsp3) is 0.429. The van der Waals surface area contributed by atoms with Crippen LogP contribution in [-0.2, 0) is 4.74 Å². The largest absolute Gasteiger partial charge is 0.478 e. The fourth-order valence-electron chi connectivity index (χ4n) is 2.28. The van der Waals surface area contributed by atoms with Crippen molar-refractivity contribution in [1.29, 1.82) is 0 Å². The maximum absolute atomic E-state index is 10.9. The molecular weight excluding hydrogens is 274 g/mol. The SMILES string of the molecule is O=C(O)c1ccc2nc(NCCN3CCOCC3)oc2c1. The van der Waals surface area contributed by atoms with E-state index in [1.807, 2.05) is 0 Å². The van der Waals surface area contributed by atoms with Crippen LogP contribution in [0.4, 0.5) is 6.01 Å². The van der Waals surface area contributed by atoms with Crippen LogP contribution < -0.4 is 5.32 Å². The van der Waals surface area contributed by atoms with Crippen LogP contribution >= 0.6 is 0 Å². The van der Waals surface area contributed by atoms with Crippen molar-refractivity contribution in [3.63, 3.8) is 0 Å². The number of hydrogen-bond donors (Lipinski definition) is 2. The van der Waals surface area contributed by atoms with E-state index in [0.29, 0.717) is 17.1 Å². The number of carboxylic acids is 1. The first kappa shape index (κ1) is 13.8. The number of ether oxygens (including phenoxy) is 1. The lowest BCUT2D eigenvalue weighted by Gasteiger charge is -2.26. The van der Waals surface area contributed by atoms with Crippen molar-refractivity contribution in [3.05, 3.63) is 23.8 Å². The summed E-state index contributed by atoms with van der Waals surface area (Å²) in [6.07, 6.45) is 0.